The van der Waals surface area contributed by atoms with Gasteiger partial charge < -0.3 is 5.32 Å². The highest BCUT2D eigenvalue weighted by molar-refractivity contribution is 5.89. The van der Waals surface area contributed by atoms with Crippen molar-refractivity contribution in [1.82, 2.24) is 20.3 Å². The highest BCUT2D eigenvalue weighted by atomic mass is 16.1. The van der Waals surface area contributed by atoms with Crippen molar-refractivity contribution in [1.29, 1.82) is 0 Å². The van der Waals surface area contributed by atoms with E-state index in [0.717, 1.165) is 5.69 Å². The van der Waals surface area contributed by atoms with Crippen LogP contribution in [0.4, 0.5) is 0 Å². The molecule has 0 aliphatic heterocycles. The summed E-state index contributed by atoms with van der Waals surface area (Å²) < 4.78 is 1.61. The standard InChI is InChI=1S/C12H18N4O2/c1-3-11(17)6-5-10-9-16(15-14-10)8-7-12(18)13-4-2/h3,9H,1,4-8H2,2H3,(H,13,18). The molecule has 1 amide bonds. The molecule has 1 aromatic rings. The molecule has 0 saturated carbocycles. The molecule has 0 spiro atoms. The maximum Gasteiger partial charge on any atom is 0.221 e. The summed E-state index contributed by atoms with van der Waals surface area (Å²) in [5.41, 5.74) is 0.751. The number of rotatable bonds is 8. The zero-order valence-corrected chi connectivity index (χ0v) is 10.6. The highest BCUT2D eigenvalue weighted by Crippen LogP contribution is 2.00. The van der Waals surface area contributed by atoms with Gasteiger partial charge in [-0.15, -0.1) is 5.10 Å². The lowest BCUT2D eigenvalue weighted by Crippen LogP contribution is -2.23. The second-order valence-electron chi connectivity index (χ2n) is 3.85. The van der Waals surface area contributed by atoms with Crippen molar-refractivity contribution in [2.45, 2.75) is 32.7 Å². The lowest BCUT2D eigenvalue weighted by molar-refractivity contribution is -0.121. The zero-order valence-electron chi connectivity index (χ0n) is 10.6. The van der Waals surface area contributed by atoms with Gasteiger partial charge in [0.2, 0.25) is 5.91 Å². The average molecular weight is 250 g/mol. The maximum absolute atomic E-state index is 11.2. The molecule has 98 valence electrons. The second-order valence-corrected chi connectivity index (χ2v) is 3.85. The number of nitrogens with zero attached hydrogens (tertiary/aromatic N) is 3. The van der Waals surface area contributed by atoms with E-state index in [0.29, 0.717) is 32.4 Å². The summed E-state index contributed by atoms with van der Waals surface area (Å²) in [4.78, 5) is 22.3. The molecule has 0 radical (unpaired) electrons. The molecule has 0 aromatic carbocycles. The summed E-state index contributed by atoms with van der Waals surface area (Å²) in [6.07, 6.45) is 4.38. The first-order chi connectivity index (χ1) is 8.65. The van der Waals surface area contributed by atoms with Gasteiger partial charge in [-0.2, -0.15) is 0 Å². The number of carbonyl (C=O) groups is 2. The van der Waals surface area contributed by atoms with Crippen LogP contribution in [-0.4, -0.2) is 33.2 Å². The third kappa shape index (κ3) is 4.90. The van der Waals surface area contributed by atoms with Crippen molar-refractivity contribution >= 4 is 11.7 Å². The van der Waals surface area contributed by atoms with Crippen LogP contribution in [0, 0.1) is 0 Å². The van der Waals surface area contributed by atoms with Crippen molar-refractivity contribution in [3.63, 3.8) is 0 Å². The first-order valence-electron chi connectivity index (χ1n) is 5.96. The predicted molar refractivity (Wildman–Crippen MR) is 66.8 cm³/mol. The normalized spacial score (nSPS) is 10.1. The molecular formula is C12H18N4O2. The lowest BCUT2D eigenvalue weighted by atomic mass is 10.2. The summed E-state index contributed by atoms with van der Waals surface area (Å²) >= 11 is 0. The third-order valence-electron chi connectivity index (χ3n) is 2.38. The molecule has 0 atom stereocenters. The van der Waals surface area contributed by atoms with E-state index < -0.39 is 0 Å². The smallest absolute Gasteiger partial charge is 0.221 e. The molecule has 0 bridgehead atoms. The first kappa shape index (κ1) is 14.1. The van der Waals surface area contributed by atoms with E-state index in [-0.39, 0.29) is 11.7 Å². The number of aryl methyl sites for hydroxylation is 2. The molecule has 6 heteroatoms. The van der Waals surface area contributed by atoms with Crippen LogP contribution >= 0.6 is 0 Å². The number of aromatic nitrogens is 3. The summed E-state index contributed by atoms with van der Waals surface area (Å²) in [7, 11) is 0. The third-order valence-corrected chi connectivity index (χ3v) is 2.38. The minimum absolute atomic E-state index is 0.00335. The van der Waals surface area contributed by atoms with Crippen molar-refractivity contribution in [3.05, 3.63) is 24.5 Å². The van der Waals surface area contributed by atoms with Crippen LogP contribution in [0.2, 0.25) is 0 Å². The Morgan fingerprint density at radius 3 is 2.94 bits per heavy atom. The first-order valence-corrected chi connectivity index (χ1v) is 5.96. The van der Waals surface area contributed by atoms with Crippen molar-refractivity contribution in [2.75, 3.05) is 6.54 Å². The van der Waals surface area contributed by atoms with Gasteiger partial charge in [0.25, 0.3) is 0 Å². The largest absolute Gasteiger partial charge is 0.356 e. The van der Waals surface area contributed by atoms with E-state index in [9.17, 15) is 9.59 Å². The van der Waals surface area contributed by atoms with E-state index in [1.54, 1.807) is 10.9 Å². The fourth-order valence-corrected chi connectivity index (χ4v) is 1.42. The van der Waals surface area contributed by atoms with Crippen LogP contribution in [0.1, 0.15) is 25.5 Å². The van der Waals surface area contributed by atoms with Gasteiger partial charge in [-0.1, -0.05) is 11.8 Å². The van der Waals surface area contributed by atoms with Crippen molar-refractivity contribution in [2.24, 2.45) is 0 Å². The summed E-state index contributed by atoms with van der Waals surface area (Å²) in [5.74, 6) is -0.0109. The number of amides is 1. The highest BCUT2D eigenvalue weighted by Gasteiger charge is 2.05. The number of allylic oxidation sites excluding steroid dienone is 1. The topological polar surface area (TPSA) is 76.9 Å². The van der Waals surface area contributed by atoms with Crippen LogP contribution in [0.15, 0.2) is 18.9 Å². The minimum Gasteiger partial charge on any atom is -0.356 e. The fraction of sp³-hybridized carbons (Fsp3) is 0.500. The molecule has 0 unspecified atom stereocenters. The number of hydrogen-bond donors (Lipinski definition) is 1. The van der Waals surface area contributed by atoms with E-state index in [4.69, 9.17) is 0 Å². The molecule has 1 heterocycles. The predicted octanol–water partition coefficient (Wildman–Crippen LogP) is 0.492. The molecule has 0 saturated heterocycles. The Labute approximate surface area is 106 Å². The van der Waals surface area contributed by atoms with E-state index in [1.807, 2.05) is 6.92 Å². The Balaban J connectivity index is 2.36. The second kappa shape index (κ2) is 7.37. The molecular weight excluding hydrogens is 232 g/mol. The number of carbonyl (C=O) groups excluding carboxylic acids is 2. The van der Waals surface area contributed by atoms with Gasteiger partial charge in [0.1, 0.15) is 0 Å². The average Bonchev–Trinajstić information content (AvgIpc) is 2.82. The SMILES string of the molecule is C=CC(=O)CCc1cn(CCC(=O)NCC)nn1. The van der Waals surface area contributed by atoms with Gasteiger partial charge in [0.15, 0.2) is 5.78 Å². The Morgan fingerprint density at radius 1 is 1.50 bits per heavy atom. The maximum atomic E-state index is 11.2. The minimum atomic E-state index is -0.00752. The molecule has 18 heavy (non-hydrogen) atoms. The van der Waals surface area contributed by atoms with Gasteiger partial charge in [-0.05, 0) is 13.0 Å². The fourth-order valence-electron chi connectivity index (χ4n) is 1.42. The van der Waals surface area contributed by atoms with E-state index in [1.165, 1.54) is 6.08 Å². The summed E-state index contributed by atoms with van der Waals surface area (Å²) in [5, 5.41) is 10.6. The number of nitrogens with one attached hydrogen (secondary N) is 1. The Hall–Kier alpha value is -1.98. The molecule has 6 nitrogen and oxygen atoms in total. The number of hydrogen-bond acceptors (Lipinski definition) is 4. The Bertz CT molecular complexity index is 425. The van der Waals surface area contributed by atoms with Crippen LogP contribution in [0.3, 0.4) is 0 Å². The van der Waals surface area contributed by atoms with Crippen LogP contribution < -0.4 is 5.32 Å². The summed E-state index contributed by atoms with van der Waals surface area (Å²) in [6.45, 7) is 6.41. The molecule has 1 aromatic heterocycles. The van der Waals surface area contributed by atoms with Gasteiger partial charge in [0, 0.05) is 32.0 Å². The van der Waals surface area contributed by atoms with Gasteiger partial charge in [-0.3, -0.25) is 14.3 Å². The number of ketones is 1. The lowest BCUT2D eigenvalue weighted by Gasteiger charge is -2.01. The summed E-state index contributed by atoms with van der Waals surface area (Å²) in [6, 6.07) is 0. The quantitative estimate of drug-likeness (QED) is 0.681. The van der Waals surface area contributed by atoms with E-state index in [2.05, 4.69) is 22.2 Å². The van der Waals surface area contributed by atoms with Crippen LogP contribution in [0.5, 0.6) is 0 Å². The molecule has 0 fully saturated rings. The van der Waals surface area contributed by atoms with E-state index >= 15 is 0 Å². The van der Waals surface area contributed by atoms with Gasteiger partial charge in [-0.25, -0.2) is 0 Å². The molecule has 0 aliphatic carbocycles. The molecule has 0 aliphatic rings. The molecule has 1 N–H and O–H groups in total. The van der Waals surface area contributed by atoms with Gasteiger partial charge in [0.05, 0.1) is 12.2 Å². The van der Waals surface area contributed by atoms with Crippen molar-refractivity contribution < 1.29 is 9.59 Å². The van der Waals surface area contributed by atoms with Crippen LogP contribution in [0.25, 0.3) is 0 Å². The van der Waals surface area contributed by atoms with Gasteiger partial charge >= 0.3 is 0 Å². The Morgan fingerprint density at radius 2 is 2.28 bits per heavy atom. The monoisotopic (exact) mass is 250 g/mol. The molecule has 1 rings (SSSR count). The van der Waals surface area contributed by atoms with Crippen LogP contribution in [-0.2, 0) is 22.6 Å². The van der Waals surface area contributed by atoms with Crippen molar-refractivity contribution in [3.8, 4) is 0 Å². The zero-order chi connectivity index (χ0) is 13.4. The Kier molecular flexibility index (Phi) is 5.76.